The Kier molecular flexibility index (Phi) is 2.70. The van der Waals surface area contributed by atoms with Gasteiger partial charge in [0, 0.05) is 5.41 Å². The van der Waals surface area contributed by atoms with Gasteiger partial charge in [0.15, 0.2) is 8.32 Å². The minimum absolute atomic E-state index is 0.0272. The second kappa shape index (κ2) is 4.11. The summed E-state index contributed by atoms with van der Waals surface area (Å²) in [4.78, 5) is 12.5. The highest BCUT2D eigenvalue weighted by molar-refractivity contribution is 6.69. The SMILES string of the molecule is C[C@@H]1CC[C@]23OC[C@@H](O[Si](C)(C)C)[C@]12C[C@@H]1O[C@@]12C(=O)OC[C@@]32C. The fraction of sp³-hybridized carbons (Fsp3) is 0.944. The molecule has 24 heavy (non-hydrogen) atoms. The van der Waals surface area contributed by atoms with Crippen molar-refractivity contribution >= 4 is 14.3 Å². The molecule has 0 radical (unpaired) electrons. The maximum atomic E-state index is 12.5. The molecule has 5 aliphatic rings. The maximum absolute atomic E-state index is 12.5. The van der Waals surface area contributed by atoms with E-state index >= 15 is 0 Å². The molecular formula is C18H28O5Si. The highest BCUT2D eigenvalue weighted by Gasteiger charge is 2.92. The van der Waals surface area contributed by atoms with Crippen LogP contribution in [0.1, 0.15) is 33.1 Å². The molecule has 7 atom stereocenters. The number of cyclic esters (lactones) is 1. The molecule has 0 N–H and O–H groups in total. The van der Waals surface area contributed by atoms with Gasteiger partial charge in [-0.05, 0) is 44.8 Å². The number of hydrogen-bond acceptors (Lipinski definition) is 5. The molecule has 0 aromatic rings. The van der Waals surface area contributed by atoms with E-state index in [4.69, 9.17) is 18.6 Å². The molecule has 3 aliphatic heterocycles. The monoisotopic (exact) mass is 352 g/mol. The van der Waals surface area contributed by atoms with Gasteiger partial charge in [0.1, 0.15) is 12.7 Å². The smallest absolute Gasteiger partial charge is 0.342 e. The normalized spacial score (nSPS) is 57.9. The molecule has 0 aromatic heterocycles. The molecule has 3 saturated heterocycles. The molecule has 1 spiro atoms. The highest BCUT2D eigenvalue weighted by Crippen LogP contribution is 2.79. The third kappa shape index (κ3) is 1.37. The van der Waals surface area contributed by atoms with Crippen molar-refractivity contribution in [3.8, 4) is 0 Å². The second-order valence-electron chi connectivity index (χ2n) is 9.79. The van der Waals surface area contributed by atoms with Crippen LogP contribution in [0, 0.1) is 16.7 Å². The summed E-state index contributed by atoms with van der Waals surface area (Å²) in [7, 11) is -1.70. The minimum atomic E-state index is -1.70. The van der Waals surface area contributed by atoms with Gasteiger partial charge in [-0.15, -0.1) is 0 Å². The number of ether oxygens (including phenoxy) is 3. The highest BCUT2D eigenvalue weighted by atomic mass is 28.4. The van der Waals surface area contributed by atoms with Crippen LogP contribution in [0.3, 0.4) is 0 Å². The predicted molar refractivity (Wildman–Crippen MR) is 89.0 cm³/mol. The maximum Gasteiger partial charge on any atom is 0.342 e. The summed E-state index contributed by atoms with van der Waals surface area (Å²) in [5, 5.41) is 0. The van der Waals surface area contributed by atoms with Crippen LogP contribution in [-0.2, 0) is 23.4 Å². The van der Waals surface area contributed by atoms with Crippen molar-refractivity contribution in [1.29, 1.82) is 0 Å². The first-order chi connectivity index (χ1) is 11.1. The van der Waals surface area contributed by atoms with E-state index in [0.29, 0.717) is 19.1 Å². The summed E-state index contributed by atoms with van der Waals surface area (Å²) in [6, 6.07) is 0. The molecular weight excluding hydrogens is 324 g/mol. The Labute approximate surface area is 144 Å². The first-order valence-corrected chi connectivity index (χ1v) is 12.7. The van der Waals surface area contributed by atoms with Crippen LogP contribution in [0.4, 0.5) is 0 Å². The van der Waals surface area contributed by atoms with Crippen LogP contribution < -0.4 is 0 Å². The Bertz CT molecular complexity index is 631. The van der Waals surface area contributed by atoms with Crippen molar-refractivity contribution < 1.29 is 23.4 Å². The first kappa shape index (κ1) is 15.8. The van der Waals surface area contributed by atoms with Crippen LogP contribution in [0.15, 0.2) is 0 Å². The standard InChI is InChI=1S/C18H28O5Si/c1-11-6-7-17-15(2)10-20-14(19)18(15)12(22-18)8-16(11,17)13(9-21-17)23-24(3,4)5/h11-13H,6-10H2,1-5H3/t11-,12+,13-,15+,16+,17-,18-/m1/s1. The average Bonchev–Trinajstić information content (AvgIpc) is 2.94. The third-order valence-corrected chi connectivity index (χ3v) is 8.86. The van der Waals surface area contributed by atoms with Crippen LogP contribution in [0.5, 0.6) is 0 Å². The molecule has 0 unspecified atom stereocenters. The Balaban J connectivity index is 1.66. The summed E-state index contributed by atoms with van der Waals surface area (Å²) in [5.74, 6) is 0.340. The van der Waals surface area contributed by atoms with Gasteiger partial charge in [-0.25, -0.2) is 4.79 Å². The van der Waals surface area contributed by atoms with Crippen LogP contribution in [0.2, 0.25) is 19.6 Å². The van der Waals surface area contributed by atoms with E-state index in [0.717, 1.165) is 19.3 Å². The Hall–Kier alpha value is -0.433. The van der Waals surface area contributed by atoms with Crippen molar-refractivity contribution in [2.24, 2.45) is 16.7 Å². The number of rotatable bonds is 2. The number of epoxide rings is 1. The van der Waals surface area contributed by atoms with Gasteiger partial charge in [0.05, 0.1) is 23.7 Å². The predicted octanol–water partition coefficient (Wildman–Crippen LogP) is 2.50. The summed E-state index contributed by atoms with van der Waals surface area (Å²) in [5.41, 5.74) is -1.57. The zero-order valence-corrected chi connectivity index (χ0v) is 16.3. The molecule has 2 aliphatic carbocycles. The molecule has 5 rings (SSSR count). The van der Waals surface area contributed by atoms with E-state index < -0.39 is 19.3 Å². The van der Waals surface area contributed by atoms with Gasteiger partial charge < -0.3 is 18.6 Å². The van der Waals surface area contributed by atoms with Gasteiger partial charge in [-0.1, -0.05) is 13.8 Å². The Morgan fingerprint density at radius 1 is 1.29 bits per heavy atom. The number of esters is 1. The minimum Gasteiger partial charge on any atom is -0.463 e. The fourth-order valence-corrected chi connectivity index (χ4v) is 8.02. The zero-order valence-electron chi connectivity index (χ0n) is 15.3. The van der Waals surface area contributed by atoms with Gasteiger partial charge in [0.2, 0.25) is 5.60 Å². The van der Waals surface area contributed by atoms with E-state index in [1.165, 1.54) is 0 Å². The molecule has 5 fully saturated rings. The van der Waals surface area contributed by atoms with E-state index in [2.05, 4.69) is 33.5 Å². The van der Waals surface area contributed by atoms with Gasteiger partial charge in [-0.2, -0.15) is 0 Å². The topological polar surface area (TPSA) is 57.3 Å². The molecule has 5 nitrogen and oxygen atoms in total. The first-order valence-electron chi connectivity index (χ1n) is 9.30. The average molecular weight is 353 g/mol. The Morgan fingerprint density at radius 2 is 2.04 bits per heavy atom. The van der Waals surface area contributed by atoms with Crippen molar-refractivity contribution in [2.45, 2.75) is 76.2 Å². The van der Waals surface area contributed by atoms with E-state index in [-0.39, 0.29) is 29.2 Å². The summed E-state index contributed by atoms with van der Waals surface area (Å²) >= 11 is 0. The van der Waals surface area contributed by atoms with Crippen molar-refractivity contribution in [3.63, 3.8) is 0 Å². The summed E-state index contributed by atoms with van der Waals surface area (Å²) in [6.45, 7) is 12.3. The van der Waals surface area contributed by atoms with E-state index in [9.17, 15) is 4.79 Å². The third-order valence-electron chi connectivity index (χ3n) is 7.87. The molecule has 2 saturated carbocycles. The van der Waals surface area contributed by atoms with Crippen LogP contribution in [-0.4, -0.2) is 50.9 Å². The van der Waals surface area contributed by atoms with E-state index in [1.807, 2.05) is 0 Å². The number of hydrogen-bond donors (Lipinski definition) is 0. The van der Waals surface area contributed by atoms with Crippen molar-refractivity contribution in [1.82, 2.24) is 0 Å². The largest absolute Gasteiger partial charge is 0.463 e. The van der Waals surface area contributed by atoms with Crippen molar-refractivity contribution in [2.75, 3.05) is 13.2 Å². The van der Waals surface area contributed by atoms with Gasteiger partial charge in [-0.3, -0.25) is 0 Å². The van der Waals surface area contributed by atoms with Gasteiger partial charge in [0.25, 0.3) is 0 Å². The number of carbonyl (C=O) groups excluding carboxylic acids is 1. The van der Waals surface area contributed by atoms with Crippen LogP contribution in [0.25, 0.3) is 0 Å². The van der Waals surface area contributed by atoms with Crippen molar-refractivity contribution in [3.05, 3.63) is 0 Å². The summed E-state index contributed by atoms with van der Waals surface area (Å²) in [6.07, 6.45) is 3.05. The Morgan fingerprint density at radius 3 is 2.75 bits per heavy atom. The number of carbonyl (C=O) groups is 1. The van der Waals surface area contributed by atoms with Gasteiger partial charge >= 0.3 is 5.97 Å². The fourth-order valence-electron chi connectivity index (χ4n) is 6.88. The lowest BCUT2D eigenvalue weighted by Gasteiger charge is -2.55. The molecule has 0 aromatic carbocycles. The quantitative estimate of drug-likeness (QED) is 0.434. The lowest BCUT2D eigenvalue weighted by molar-refractivity contribution is -0.176. The molecule has 0 amide bonds. The molecule has 0 bridgehead atoms. The molecule has 6 heteroatoms. The van der Waals surface area contributed by atoms with Crippen LogP contribution >= 0.6 is 0 Å². The molecule has 3 heterocycles. The zero-order chi connectivity index (χ0) is 17.2. The second-order valence-corrected chi connectivity index (χ2v) is 14.3. The lowest BCUT2D eigenvalue weighted by Crippen LogP contribution is -2.67. The lowest BCUT2D eigenvalue weighted by atomic mass is 9.48. The molecule has 134 valence electrons. The summed E-state index contributed by atoms with van der Waals surface area (Å²) < 4.78 is 24.9. The van der Waals surface area contributed by atoms with E-state index in [1.54, 1.807) is 0 Å².